The molecule has 0 bridgehead atoms. The highest BCUT2D eigenvalue weighted by Gasteiger charge is 2.45. The molecule has 2 heterocycles. The molecule has 0 fully saturated rings. The molecular formula is C53H36N2O. The lowest BCUT2D eigenvalue weighted by atomic mass is 9.63. The lowest BCUT2D eigenvalue weighted by Crippen LogP contribution is -2.34. The van der Waals surface area contributed by atoms with E-state index < -0.39 is 5.41 Å². The maximum atomic E-state index is 6.56. The third-order valence-electron chi connectivity index (χ3n) is 10.8. The van der Waals surface area contributed by atoms with Crippen molar-refractivity contribution in [3.05, 3.63) is 241 Å². The fraction of sp³-hybridized carbons (Fsp3) is 0.0189. The van der Waals surface area contributed by atoms with Crippen LogP contribution in [0, 0.1) is 0 Å². The van der Waals surface area contributed by atoms with Crippen molar-refractivity contribution in [3.8, 4) is 67.7 Å². The predicted octanol–water partition coefficient (Wildman–Crippen LogP) is 13.3. The number of para-hydroxylation sites is 2. The highest BCUT2D eigenvalue weighted by molar-refractivity contribution is 5.84. The molecule has 9 aromatic rings. The summed E-state index contributed by atoms with van der Waals surface area (Å²) >= 11 is 0. The average Bonchev–Trinajstić information content (AvgIpc) is 3.29. The first-order valence-corrected chi connectivity index (χ1v) is 19.0. The molecule has 1 aromatic heterocycles. The van der Waals surface area contributed by atoms with Crippen LogP contribution in [0.4, 0.5) is 0 Å². The Morgan fingerprint density at radius 1 is 0.321 bits per heavy atom. The van der Waals surface area contributed by atoms with Crippen LogP contribution < -0.4 is 4.74 Å². The van der Waals surface area contributed by atoms with Crippen LogP contribution in [0.15, 0.2) is 218 Å². The van der Waals surface area contributed by atoms with Crippen molar-refractivity contribution < 1.29 is 4.74 Å². The first-order chi connectivity index (χ1) is 27.8. The van der Waals surface area contributed by atoms with Gasteiger partial charge in [0.25, 0.3) is 0 Å². The van der Waals surface area contributed by atoms with Crippen LogP contribution in [-0.2, 0) is 5.41 Å². The molecular weight excluding hydrogens is 681 g/mol. The topological polar surface area (TPSA) is 35.0 Å². The Bertz CT molecular complexity index is 2790. The van der Waals surface area contributed by atoms with E-state index in [2.05, 4.69) is 194 Å². The maximum Gasteiger partial charge on any atom is 0.160 e. The first-order valence-electron chi connectivity index (χ1n) is 19.0. The Morgan fingerprint density at radius 2 is 0.804 bits per heavy atom. The van der Waals surface area contributed by atoms with Crippen LogP contribution in [0.5, 0.6) is 11.5 Å². The molecule has 0 radical (unpaired) electrons. The normalized spacial score (nSPS) is 12.6. The molecule has 0 saturated carbocycles. The molecule has 0 spiro atoms. The van der Waals surface area contributed by atoms with Gasteiger partial charge in [0.15, 0.2) is 5.82 Å². The molecule has 1 aliphatic heterocycles. The van der Waals surface area contributed by atoms with Crippen LogP contribution in [0.2, 0.25) is 0 Å². The number of hydrogen-bond donors (Lipinski definition) is 0. The van der Waals surface area contributed by atoms with Gasteiger partial charge in [-0.05, 0) is 63.7 Å². The lowest BCUT2D eigenvalue weighted by molar-refractivity contribution is 0.434. The second-order valence-electron chi connectivity index (χ2n) is 14.1. The van der Waals surface area contributed by atoms with E-state index in [9.17, 15) is 0 Å². The Morgan fingerprint density at radius 3 is 1.50 bits per heavy atom. The smallest absolute Gasteiger partial charge is 0.160 e. The van der Waals surface area contributed by atoms with Crippen LogP contribution in [0.1, 0.15) is 22.3 Å². The summed E-state index contributed by atoms with van der Waals surface area (Å²) in [7, 11) is 0. The van der Waals surface area contributed by atoms with Crippen molar-refractivity contribution >= 4 is 0 Å². The van der Waals surface area contributed by atoms with Crippen molar-refractivity contribution in [2.24, 2.45) is 0 Å². The quantitative estimate of drug-likeness (QED) is 0.165. The second kappa shape index (κ2) is 14.1. The Balaban J connectivity index is 1.13. The van der Waals surface area contributed by atoms with E-state index >= 15 is 0 Å². The van der Waals surface area contributed by atoms with Gasteiger partial charge in [0.2, 0.25) is 0 Å². The highest BCUT2D eigenvalue weighted by Crippen LogP contribution is 2.55. The average molecular weight is 717 g/mol. The van der Waals surface area contributed by atoms with Gasteiger partial charge in [0.05, 0.1) is 16.8 Å². The minimum absolute atomic E-state index is 0.603. The molecule has 10 rings (SSSR count). The number of rotatable bonds is 7. The molecule has 0 aliphatic carbocycles. The highest BCUT2D eigenvalue weighted by atomic mass is 16.5. The van der Waals surface area contributed by atoms with Crippen molar-refractivity contribution in [3.63, 3.8) is 0 Å². The molecule has 0 atom stereocenters. The fourth-order valence-electron chi connectivity index (χ4n) is 8.29. The summed E-state index contributed by atoms with van der Waals surface area (Å²) in [5, 5.41) is 0. The van der Waals surface area contributed by atoms with E-state index in [1.807, 2.05) is 24.3 Å². The van der Waals surface area contributed by atoms with Crippen molar-refractivity contribution in [1.82, 2.24) is 9.97 Å². The Labute approximate surface area is 327 Å². The second-order valence-corrected chi connectivity index (χ2v) is 14.1. The molecule has 0 N–H and O–H groups in total. The van der Waals surface area contributed by atoms with Crippen LogP contribution in [0.3, 0.4) is 0 Å². The number of nitrogens with zero attached hydrogens (tertiary/aromatic N) is 2. The zero-order valence-electron chi connectivity index (χ0n) is 30.6. The van der Waals surface area contributed by atoms with Crippen molar-refractivity contribution in [2.45, 2.75) is 5.41 Å². The van der Waals surface area contributed by atoms with Crippen molar-refractivity contribution in [2.75, 3.05) is 0 Å². The summed E-state index contributed by atoms with van der Waals surface area (Å²) in [5.74, 6) is 2.40. The van der Waals surface area contributed by atoms with E-state index in [4.69, 9.17) is 14.7 Å². The van der Waals surface area contributed by atoms with E-state index in [0.717, 1.165) is 78.5 Å². The summed E-state index contributed by atoms with van der Waals surface area (Å²) in [6.07, 6.45) is 0. The number of fused-ring (bicyclic) bond motifs is 2. The molecule has 3 nitrogen and oxygen atoms in total. The molecule has 0 saturated heterocycles. The van der Waals surface area contributed by atoms with E-state index in [1.165, 1.54) is 5.56 Å². The van der Waals surface area contributed by atoms with Gasteiger partial charge < -0.3 is 4.74 Å². The minimum atomic E-state index is -0.603. The van der Waals surface area contributed by atoms with E-state index in [1.54, 1.807) is 0 Å². The lowest BCUT2D eigenvalue weighted by Gasteiger charge is -2.41. The molecule has 0 unspecified atom stereocenters. The summed E-state index contributed by atoms with van der Waals surface area (Å²) in [6.45, 7) is 0. The zero-order valence-corrected chi connectivity index (χ0v) is 30.6. The summed E-state index contributed by atoms with van der Waals surface area (Å²) in [4.78, 5) is 10.5. The van der Waals surface area contributed by atoms with Gasteiger partial charge in [0, 0.05) is 27.8 Å². The van der Waals surface area contributed by atoms with Gasteiger partial charge in [-0.15, -0.1) is 0 Å². The zero-order chi connectivity index (χ0) is 37.3. The van der Waals surface area contributed by atoms with E-state index in [0.29, 0.717) is 5.82 Å². The van der Waals surface area contributed by atoms with Gasteiger partial charge >= 0.3 is 0 Å². The van der Waals surface area contributed by atoms with Crippen LogP contribution in [0.25, 0.3) is 56.2 Å². The van der Waals surface area contributed by atoms with Gasteiger partial charge in [-0.25, -0.2) is 9.97 Å². The first kappa shape index (κ1) is 33.2. The molecule has 1 aliphatic rings. The van der Waals surface area contributed by atoms with E-state index in [-0.39, 0.29) is 0 Å². The van der Waals surface area contributed by atoms with Gasteiger partial charge in [-0.2, -0.15) is 0 Å². The van der Waals surface area contributed by atoms with Gasteiger partial charge in [0.1, 0.15) is 11.5 Å². The van der Waals surface area contributed by atoms with Crippen LogP contribution >= 0.6 is 0 Å². The monoisotopic (exact) mass is 716 g/mol. The molecule has 56 heavy (non-hydrogen) atoms. The summed E-state index contributed by atoms with van der Waals surface area (Å²) in [5.41, 5.74) is 13.3. The predicted molar refractivity (Wildman–Crippen MR) is 228 cm³/mol. The summed E-state index contributed by atoms with van der Waals surface area (Å²) < 4.78 is 6.56. The summed E-state index contributed by atoms with van der Waals surface area (Å²) in [6, 6.07) is 76.7. The third-order valence-corrected chi connectivity index (χ3v) is 10.8. The SMILES string of the molecule is c1ccc(-c2cc(-c3ccccc3-c3ccccc3)nc(-c3cccc(-c4cccc(C5(c6ccccc6)c6ccccc6Oc6ccccc65)c4)c3)n2)cc1. The van der Waals surface area contributed by atoms with Crippen molar-refractivity contribution in [1.29, 1.82) is 0 Å². The van der Waals surface area contributed by atoms with Gasteiger partial charge in [-0.3, -0.25) is 0 Å². The Hall–Kier alpha value is -7.36. The fourth-order valence-corrected chi connectivity index (χ4v) is 8.29. The molecule has 8 aromatic carbocycles. The number of ether oxygens (including phenoxy) is 1. The van der Waals surface area contributed by atoms with Crippen LogP contribution in [-0.4, -0.2) is 9.97 Å². The minimum Gasteiger partial charge on any atom is -0.457 e. The maximum absolute atomic E-state index is 6.56. The standard InChI is InChI=1S/C53H36N2O/c1-4-18-37(19-5-1)44-28-10-11-29-45(44)49-36-48(38-20-6-2-7-21-38)54-52(55-49)41-24-16-22-39(34-41)40-23-17-27-43(35-40)53(42-25-8-3-9-26-42)46-30-12-14-32-50(46)56-51-33-15-13-31-47(51)53/h1-36H. The molecule has 3 heteroatoms. The molecule has 0 amide bonds. The van der Waals surface area contributed by atoms with Gasteiger partial charge in [-0.1, -0.05) is 188 Å². The molecule has 264 valence electrons. The number of hydrogen-bond acceptors (Lipinski definition) is 3. The number of aromatic nitrogens is 2. The number of benzene rings is 8. The largest absolute Gasteiger partial charge is 0.457 e. The third kappa shape index (κ3) is 5.78. The Kier molecular flexibility index (Phi) is 8.38.